The van der Waals surface area contributed by atoms with E-state index in [2.05, 4.69) is 10.4 Å². The highest BCUT2D eigenvalue weighted by Crippen LogP contribution is 2.28. The van der Waals surface area contributed by atoms with Crippen molar-refractivity contribution in [3.8, 4) is 0 Å². The highest BCUT2D eigenvalue weighted by atomic mass is 32.2. The number of aromatic nitrogens is 2. The Kier molecular flexibility index (Phi) is 5.99. The molecule has 0 radical (unpaired) electrons. The van der Waals surface area contributed by atoms with E-state index in [9.17, 15) is 26.4 Å². The molecule has 29 heavy (non-hydrogen) atoms. The van der Waals surface area contributed by atoms with Crippen LogP contribution in [0.3, 0.4) is 0 Å². The molecule has 3 rings (SSSR count). The summed E-state index contributed by atoms with van der Waals surface area (Å²) in [6.45, 7) is 2.15. The Bertz CT molecular complexity index is 996. The number of alkyl halides is 3. The standard InChI is InChI=1S/C18H21F3N4O3S/c1-13-5-6-14(11-15(13)29(27,28)25-8-3-2-4-9-25)22-17(26)12-24-10-7-16(23-24)18(19,20)21/h5-7,10-11H,2-4,8-9,12H2,1H3,(H,22,26). The second kappa shape index (κ2) is 8.15. The average molecular weight is 430 g/mol. The number of amides is 1. The van der Waals surface area contributed by atoms with Crippen molar-refractivity contribution in [1.29, 1.82) is 0 Å². The van der Waals surface area contributed by atoms with Gasteiger partial charge in [-0.25, -0.2) is 8.42 Å². The van der Waals surface area contributed by atoms with Crippen molar-refractivity contribution in [2.24, 2.45) is 0 Å². The van der Waals surface area contributed by atoms with Crippen molar-refractivity contribution in [3.05, 3.63) is 41.7 Å². The Labute approximate surface area is 166 Å². The molecule has 1 aromatic heterocycles. The maximum absolute atomic E-state index is 12.9. The number of aryl methyl sites for hydroxylation is 1. The monoisotopic (exact) mass is 430 g/mol. The van der Waals surface area contributed by atoms with E-state index in [0.29, 0.717) is 18.7 Å². The molecule has 158 valence electrons. The van der Waals surface area contributed by atoms with Gasteiger partial charge in [-0.05, 0) is 43.5 Å². The number of rotatable bonds is 5. The van der Waals surface area contributed by atoms with Gasteiger partial charge in [0.25, 0.3) is 0 Å². The summed E-state index contributed by atoms with van der Waals surface area (Å²) in [5, 5.41) is 5.84. The van der Waals surface area contributed by atoms with Crippen molar-refractivity contribution in [1.82, 2.24) is 14.1 Å². The van der Waals surface area contributed by atoms with Gasteiger partial charge < -0.3 is 5.32 Å². The summed E-state index contributed by atoms with van der Waals surface area (Å²) in [7, 11) is -3.68. The molecule has 1 aromatic carbocycles. The van der Waals surface area contributed by atoms with Gasteiger partial charge in [0.05, 0.1) is 4.90 Å². The maximum atomic E-state index is 12.9. The summed E-state index contributed by atoms with van der Waals surface area (Å²) in [4.78, 5) is 12.3. The lowest BCUT2D eigenvalue weighted by molar-refractivity contribution is -0.141. The van der Waals surface area contributed by atoms with Gasteiger partial charge in [-0.2, -0.15) is 22.6 Å². The molecule has 2 heterocycles. The number of carbonyl (C=O) groups is 1. The van der Waals surface area contributed by atoms with Crippen molar-refractivity contribution >= 4 is 21.6 Å². The fourth-order valence-corrected chi connectivity index (χ4v) is 4.92. The number of carbonyl (C=O) groups excluding carboxylic acids is 1. The number of sulfonamides is 1. The van der Waals surface area contributed by atoms with E-state index in [1.165, 1.54) is 10.4 Å². The SMILES string of the molecule is Cc1ccc(NC(=O)Cn2ccc(C(F)(F)F)n2)cc1S(=O)(=O)N1CCCCC1. The summed E-state index contributed by atoms with van der Waals surface area (Å²) in [6.07, 6.45) is -0.929. The Morgan fingerprint density at radius 3 is 2.48 bits per heavy atom. The van der Waals surface area contributed by atoms with E-state index in [0.717, 1.165) is 36.2 Å². The van der Waals surface area contributed by atoms with Crippen molar-refractivity contribution in [2.75, 3.05) is 18.4 Å². The number of hydrogen-bond acceptors (Lipinski definition) is 4. The van der Waals surface area contributed by atoms with Crippen LogP contribution in [0.4, 0.5) is 18.9 Å². The first kappa shape index (κ1) is 21.3. The Hall–Kier alpha value is -2.40. The zero-order valence-electron chi connectivity index (χ0n) is 15.7. The van der Waals surface area contributed by atoms with E-state index in [1.807, 2.05) is 0 Å². The third kappa shape index (κ3) is 4.96. The summed E-state index contributed by atoms with van der Waals surface area (Å²) in [5.74, 6) is -0.619. The number of hydrogen-bond donors (Lipinski definition) is 1. The predicted octanol–water partition coefficient (Wildman–Crippen LogP) is 3.02. The van der Waals surface area contributed by atoms with Gasteiger partial charge in [0, 0.05) is 25.0 Å². The molecule has 1 fully saturated rings. The van der Waals surface area contributed by atoms with Crippen molar-refractivity contribution in [3.63, 3.8) is 0 Å². The van der Waals surface area contributed by atoms with Gasteiger partial charge in [0.1, 0.15) is 6.54 Å². The van der Waals surface area contributed by atoms with Gasteiger partial charge in [0.2, 0.25) is 15.9 Å². The van der Waals surface area contributed by atoms with Crippen LogP contribution in [0.1, 0.15) is 30.5 Å². The highest BCUT2D eigenvalue weighted by molar-refractivity contribution is 7.89. The molecule has 0 bridgehead atoms. The number of nitrogens with one attached hydrogen (secondary N) is 1. The zero-order valence-corrected chi connectivity index (χ0v) is 16.6. The van der Waals surface area contributed by atoms with Crippen LogP contribution in [0.2, 0.25) is 0 Å². The van der Waals surface area contributed by atoms with Gasteiger partial charge in [-0.1, -0.05) is 12.5 Å². The molecule has 0 spiro atoms. The minimum atomic E-state index is -4.59. The maximum Gasteiger partial charge on any atom is 0.435 e. The number of anilines is 1. The van der Waals surface area contributed by atoms with Gasteiger partial charge in [0.15, 0.2) is 5.69 Å². The Balaban J connectivity index is 1.74. The first-order chi connectivity index (χ1) is 13.6. The third-order valence-electron chi connectivity index (χ3n) is 4.64. The van der Waals surface area contributed by atoms with Crippen LogP contribution in [-0.2, 0) is 27.5 Å². The fraction of sp³-hybridized carbons (Fsp3) is 0.444. The molecule has 1 N–H and O–H groups in total. The second-order valence-corrected chi connectivity index (χ2v) is 8.80. The van der Waals surface area contributed by atoms with Crippen molar-refractivity contribution < 1.29 is 26.4 Å². The topological polar surface area (TPSA) is 84.3 Å². The molecular weight excluding hydrogens is 409 g/mol. The van der Waals surface area contributed by atoms with Gasteiger partial charge in [-0.15, -0.1) is 0 Å². The zero-order chi connectivity index (χ0) is 21.2. The van der Waals surface area contributed by atoms with Crippen LogP contribution in [0.15, 0.2) is 35.4 Å². The predicted molar refractivity (Wildman–Crippen MR) is 99.6 cm³/mol. The fourth-order valence-electron chi connectivity index (χ4n) is 3.15. The minimum Gasteiger partial charge on any atom is -0.324 e. The molecule has 11 heteroatoms. The third-order valence-corrected chi connectivity index (χ3v) is 6.68. The van der Waals surface area contributed by atoms with Crippen LogP contribution in [0.5, 0.6) is 0 Å². The van der Waals surface area contributed by atoms with Gasteiger partial charge in [-0.3, -0.25) is 9.48 Å². The molecule has 7 nitrogen and oxygen atoms in total. The lowest BCUT2D eigenvalue weighted by atomic mass is 10.2. The smallest absolute Gasteiger partial charge is 0.324 e. The van der Waals surface area contributed by atoms with E-state index in [4.69, 9.17) is 0 Å². The molecule has 0 unspecified atom stereocenters. The van der Waals surface area contributed by atoms with E-state index >= 15 is 0 Å². The van der Waals surface area contributed by atoms with Gasteiger partial charge >= 0.3 is 6.18 Å². The van der Waals surface area contributed by atoms with Crippen LogP contribution in [0.25, 0.3) is 0 Å². The number of piperidine rings is 1. The number of halogens is 3. The Morgan fingerprint density at radius 1 is 1.17 bits per heavy atom. The molecular formula is C18H21F3N4O3S. The minimum absolute atomic E-state index is 0.107. The van der Waals surface area contributed by atoms with E-state index < -0.39 is 34.3 Å². The van der Waals surface area contributed by atoms with Crippen molar-refractivity contribution in [2.45, 2.75) is 43.8 Å². The van der Waals surface area contributed by atoms with E-state index in [-0.39, 0.29) is 10.6 Å². The summed E-state index contributed by atoms with van der Waals surface area (Å²) >= 11 is 0. The first-order valence-electron chi connectivity index (χ1n) is 9.09. The molecule has 0 aliphatic carbocycles. The van der Waals surface area contributed by atoms with Crippen LogP contribution in [-0.4, -0.2) is 41.5 Å². The van der Waals surface area contributed by atoms with Crippen LogP contribution >= 0.6 is 0 Å². The van der Waals surface area contributed by atoms with Crippen LogP contribution in [0, 0.1) is 6.92 Å². The number of nitrogens with zero attached hydrogens (tertiary/aromatic N) is 3. The summed E-state index contributed by atoms with van der Waals surface area (Å²) in [6, 6.07) is 5.29. The lowest BCUT2D eigenvalue weighted by Crippen LogP contribution is -2.36. The Morgan fingerprint density at radius 2 is 1.86 bits per heavy atom. The molecule has 1 aliphatic rings. The molecule has 1 aliphatic heterocycles. The van der Waals surface area contributed by atoms with E-state index in [1.54, 1.807) is 19.1 Å². The largest absolute Gasteiger partial charge is 0.435 e. The van der Waals surface area contributed by atoms with Crippen LogP contribution < -0.4 is 5.32 Å². The summed E-state index contributed by atoms with van der Waals surface area (Å²) < 4.78 is 65.9. The molecule has 0 atom stereocenters. The highest BCUT2D eigenvalue weighted by Gasteiger charge is 2.33. The molecule has 0 saturated carbocycles. The quantitative estimate of drug-likeness (QED) is 0.790. The molecule has 2 aromatic rings. The first-order valence-corrected chi connectivity index (χ1v) is 10.5. The second-order valence-electron chi connectivity index (χ2n) is 6.89. The normalized spacial score (nSPS) is 16.0. The summed E-state index contributed by atoms with van der Waals surface area (Å²) in [5.41, 5.74) is -0.287. The average Bonchev–Trinajstić information content (AvgIpc) is 3.12. The lowest BCUT2D eigenvalue weighted by Gasteiger charge is -2.26. The molecule has 1 amide bonds. The molecule has 1 saturated heterocycles. The number of benzene rings is 1.